The number of nitriles is 1. The number of carbonyl (C=O) groups is 2. The third-order valence-corrected chi connectivity index (χ3v) is 7.23. The molecule has 0 heterocycles. The van der Waals surface area contributed by atoms with Crippen molar-refractivity contribution in [2.45, 2.75) is 19.3 Å². The van der Waals surface area contributed by atoms with Crippen molar-refractivity contribution in [1.29, 1.82) is 5.26 Å². The highest BCUT2D eigenvalue weighted by molar-refractivity contribution is 6.10. The molecule has 0 aliphatic heterocycles. The number of nitrogens with zero attached hydrogens (tertiary/aromatic N) is 1. The smallest absolute Gasteiger partial charge is 0.328 e. The zero-order valence-electron chi connectivity index (χ0n) is 21.3. The molecule has 0 aliphatic rings. The molecule has 0 saturated heterocycles. The van der Waals surface area contributed by atoms with E-state index < -0.39 is 29.7 Å². The van der Waals surface area contributed by atoms with E-state index in [2.05, 4.69) is 12.1 Å². The molecular weight excluding hydrogens is 474 g/mol. The van der Waals surface area contributed by atoms with Crippen LogP contribution >= 0.6 is 0 Å². The summed E-state index contributed by atoms with van der Waals surface area (Å²) in [5, 5.41) is 16.6. The van der Waals surface area contributed by atoms with Gasteiger partial charge < -0.3 is 9.47 Å². The summed E-state index contributed by atoms with van der Waals surface area (Å²) in [5.74, 6) is -2.23. The Balaban J connectivity index is 1.95. The SMILES string of the molecule is CCOC(=O)[C@](C#N)(CC(=O)OC)[C@H](c1cccc2ccccc12)c1cccc2ccc3ccccc3c12. The number of methoxy groups -OCH3 is 1. The summed E-state index contributed by atoms with van der Waals surface area (Å²) >= 11 is 0. The molecule has 0 unspecified atom stereocenters. The second-order valence-corrected chi connectivity index (χ2v) is 9.29. The van der Waals surface area contributed by atoms with Crippen molar-refractivity contribution >= 4 is 44.3 Å². The molecule has 0 aromatic heterocycles. The van der Waals surface area contributed by atoms with E-state index >= 15 is 0 Å². The highest BCUT2D eigenvalue weighted by Crippen LogP contribution is 2.49. The number of esters is 2. The Morgan fingerprint density at radius 3 is 2.05 bits per heavy atom. The molecule has 5 nitrogen and oxygen atoms in total. The van der Waals surface area contributed by atoms with Crippen LogP contribution in [-0.4, -0.2) is 25.7 Å². The fourth-order valence-corrected chi connectivity index (χ4v) is 5.53. The Labute approximate surface area is 221 Å². The first kappa shape index (κ1) is 25.0. The van der Waals surface area contributed by atoms with Gasteiger partial charge in [-0.2, -0.15) is 5.26 Å². The quantitative estimate of drug-likeness (QED) is 0.179. The lowest BCUT2D eigenvalue weighted by Gasteiger charge is -2.34. The van der Waals surface area contributed by atoms with E-state index in [1.54, 1.807) is 6.92 Å². The van der Waals surface area contributed by atoms with Gasteiger partial charge in [-0.3, -0.25) is 9.59 Å². The van der Waals surface area contributed by atoms with Crippen LogP contribution in [0, 0.1) is 16.7 Å². The minimum Gasteiger partial charge on any atom is -0.469 e. The molecule has 0 fully saturated rings. The van der Waals surface area contributed by atoms with Crippen LogP contribution in [0.4, 0.5) is 0 Å². The van der Waals surface area contributed by atoms with E-state index in [9.17, 15) is 14.9 Å². The molecule has 38 heavy (non-hydrogen) atoms. The predicted octanol–water partition coefficient (Wildman–Crippen LogP) is 6.91. The fraction of sp³-hybridized carbons (Fsp3) is 0.182. The molecule has 0 spiro atoms. The van der Waals surface area contributed by atoms with Gasteiger partial charge in [0.1, 0.15) is 0 Å². The molecule has 0 bridgehead atoms. The summed E-state index contributed by atoms with van der Waals surface area (Å²) in [7, 11) is 1.26. The first-order valence-electron chi connectivity index (χ1n) is 12.6. The average Bonchev–Trinajstić information content (AvgIpc) is 2.96. The van der Waals surface area contributed by atoms with Crippen LogP contribution in [0.25, 0.3) is 32.3 Å². The lowest BCUT2D eigenvalue weighted by atomic mass is 9.65. The third kappa shape index (κ3) is 4.14. The summed E-state index contributed by atoms with van der Waals surface area (Å²) < 4.78 is 10.5. The van der Waals surface area contributed by atoms with E-state index in [-0.39, 0.29) is 6.61 Å². The Morgan fingerprint density at radius 1 is 0.789 bits per heavy atom. The maximum absolute atomic E-state index is 13.8. The molecule has 2 atom stereocenters. The number of benzene rings is 5. The van der Waals surface area contributed by atoms with Gasteiger partial charge in [0, 0.05) is 5.92 Å². The van der Waals surface area contributed by atoms with Gasteiger partial charge >= 0.3 is 11.9 Å². The second kappa shape index (κ2) is 10.4. The Hall–Kier alpha value is -4.69. The maximum atomic E-state index is 13.8. The van der Waals surface area contributed by atoms with Gasteiger partial charge in [-0.25, -0.2) is 0 Å². The van der Waals surface area contributed by atoms with Crippen LogP contribution in [0.3, 0.4) is 0 Å². The van der Waals surface area contributed by atoms with Crippen LogP contribution < -0.4 is 0 Å². The van der Waals surface area contributed by atoms with Crippen LogP contribution in [0.15, 0.2) is 97.1 Å². The number of fused-ring (bicyclic) bond motifs is 4. The number of ether oxygens (including phenoxy) is 2. The van der Waals surface area contributed by atoms with Gasteiger partial charge in [0.25, 0.3) is 0 Å². The molecule has 5 rings (SSSR count). The maximum Gasteiger partial charge on any atom is 0.328 e. The van der Waals surface area contributed by atoms with Crippen molar-refractivity contribution in [3.63, 3.8) is 0 Å². The summed E-state index contributed by atoms with van der Waals surface area (Å²) in [6.45, 7) is 1.76. The molecule has 0 amide bonds. The lowest BCUT2D eigenvalue weighted by Crippen LogP contribution is -2.40. The predicted molar refractivity (Wildman–Crippen MR) is 149 cm³/mol. The molecular formula is C33H27NO4. The van der Waals surface area contributed by atoms with Gasteiger partial charge in [0.2, 0.25) is 0 Å². The van der Waals surface area contributed by atoms with Crippen molar-refractivity contribution in [2.75, 3.05) is 13.7 Å². The molecule has 188 valence electrons. The number of rotatable bonds is 7. The number of carbonyl (C=O) groups excluding carboxylic acids is 2. The van der Waals surface area contributed by atoms with E-state index in [1.807, 2.05) is 91.0 Å². The second-order valence-electron chi connectivity index (χ2n) is 9.29. The minimum absolute atomic E-state index is 0.0736. The van der Waals surface area contributed by atoms with Crippen molar-refractivity contribution < 1.29 is 19.1 Å². The molecule has 0 aliphatic carbocycles. The van der Waals surface area contributed by atoms with Crippen LogP contribution in [0.5, 0.6) is 0 Å². The molecule has 5 heteroatoms. The van der Waals surface area contributed by atoms with Gasteiger partial charge in [-0.1, -0.05) is 97.1 Å². The molecule has 0 saturated carbocycles. The third-order valence-electron chi connectivity index (χ3n) is 7.23. The highest BCUT2D eigenvalue weighted by Gasteiger charge is 2.52. The van der Waals surface area contributed by atoms with Gasteiger partial charge in [0.05, 0.1) is 26.2 Å². The lowest BCUT2D eigenvalue weighted by molar-refractivity contribution is -0.158. The standard InChI is InChI=1S/C33H27NO4/c1-3-38-32(36)33(21-34,20-29(35)37-2)31(27-16-8-12-22-10-4-6-14-25(22)27)28-17-9-13-24-19-18-23-11-5-7-15-26(23)30(24)28/h4-19,31H,3,20H2,1-2H3/t31-,33+/m1/s1. The van der Waals surface area contributed by atoms with Gasteiger partial charge in [-0.05, 0) is 50.4 Å². The van der Waals surface area contributed by atoms with Crippen molar-refractivity contribution in [1.82, 2.24) is 0 Å². The average molecular weight is 502 g/mol. The fourth-order valence-electron chi connectivity index (χ4n) is 5.53. The van der Waals surface area contributed by atoms with E-state index in [4.69, 9.17) is 9.47 Å². The molecule has 0 N–H and O–H groups in total. The van der Waals surface area contributed by atoms with Gasteiger partial charge in [-0.15, -0.1) is 0 Å². The normalized spacial score (nSPS) is 13.5. The van der Waals surface area contributed by atoms with E-state index in [1.165, 1.54) is 7.11 Å². The number of hydrogen-bond acceptors (Lipinski definition) is 5. The van der Waals surface area contributed by atoms with Crippen molar-refractivity contribution in [3.05, 3.63) is 108 Å². The highest BCUT2D eigenvalue weighted by atomic mass is 16.5. The number of hydrogen-bond donors (Lipinski definition) is 0. The largest absolute Gasteiger partial charge is 0.469 e. The van der Waals surface area contributed by atoms with Crippen molar-refractivity contribution in [3.8, 4) is 6.07 Å². The van der Waals surface area contributed by atoms with E-state index in [0.717, 1.165) is 43.4 Å². The minimum atomic E-state index is -1.88. The Morgan fingerprint density at radius 2 is 1.37 bits per heavy atom. The zero-order chi connectivity index (χ0) is 26.7. The Kier molecular flexibility index (Phi) is 6.81. The first-order valence-corrected chi connectivity index (χ1v) is 12.6. The van der Waals surface area contributed by atoms with Crippen molar-refractivity contribution in [2.24, 2.45) is 5.41 Å². The topological polar surface area (TPSA) is 76.4 Å². The molecule has 5 aromatic carbocycles. The zero-order valence-corrected chi connectivity index (χ0v) is 21.3. The van der Waals surface area contributed by atoms with Crippen LogP contribution in [-0.2, 0) is 19.1 Å². The first-order chi connectivity index (χ1) is 18.5. The van der Waals surface area contributed by atoms with E-state index in [0.29, 0.717) is 0 Å². The van der Waals surface area contributed by atoms with Crippen LogP contribution in [0.2, 0.25) is 0 Å². The summed E-state index contributed by atoms with van der Waals surface area (Å²) in [6, 6.07) is 34.0. The monoisotopic (exact) mass is 501 g/mol. The van der Waals surface area contributed by atoms with Crippen LogP contribution in [0.1, 0.15) is 30.4 Å². The summed E-state index contributed by atoms with van der Waals surface area (Å²) in [5.41, 5.74) is -0.338. The summed E-state index contributed by atoms with van der Waals surface area (Å²) in [6.07, 6.45) is -0.451. The van der Waals surface area contributed by atoms with Gasteiger partial charge in [0.15, 0.2) is 5.41 Å². The summed E-state index contributed by atoms with van der Waals surface area (Å²) in [4.78, 5) is 26.6. The Bertz CT molecular complexity index is 1710. The molecule has 0 radical (unpaired) electrons. The molecule has 5 aromatic rings.